The molecule has 0 aliphatic carbocycles. The highest BCUT2D eigenvalue weighted by molar-refractivity contribution is 5.74. The Kier molecular flexibility index (Phi) is 5.56. The third-order valence-corrected chi connectivity index (χ3v) is 3.39. The van der Waals surface area contributed by atoms with Crippen LogP contribution in [-0.4, -0.2) is 29.3 Å². The molecule has 0 spiro atoms. The minimum atomic E-state index is -1.41. The Bertz CT molecular complexity index is 659. The second-order valence-corrected chi connectivity index (χ2v) is 4.99. The summed E-state index contributed by atoms with van der Waals surface area (Å²) in [6.45, 7) is 0.369. The lowest BCUT2D eigenvalue weighted by Gasteiger charge is -2.17. The van der Waals surface area contributed by atoms with Crippen molar-refractivity contribution in [2.75, 3.05) is 7.11 Å². The van der Waals surface area contributed by atoms with Crippen LogP contribution < -0.4 is 15.2 Å². The lowest BCUT2D eigenvalue weighted by molar-refractivity contribution is -0.141. The minimum absolute atomic E-state index is 0.351. The van der Waals surface area contributed by atoms with E-state index in [1.54, 1.807) is 12.1 Å². The Morgan fingerprint density at radius 2 is 1.87 bits per heavy atom. The highest BCUT2D eigenvalue weighted by atomic mass is 16.5. The molecule has 0 saturated carbocycles. The Balaban J connectivity index is 2.14. The second kappa shape index (κ2) is 7.62. The summed E-state index contributed by atoms with van der Waals surface area (Å²) in [7, 11) is 1.47. The van der Waals surface area contributed by atoms with Crippen LogP contribution in [0.25, 0.3) is 0 Å². The van der Waals surface area contributed by atoms with E-state index < -0.39 is 18.1 Å². The number of carboxylic acid groups (broad SMARTS) is 1. The smallest absolute Gasteiger partial charge is 0.323 e. The van der Waals surface area contributed by atoms with Crippen LogP contribution in [0.15, 0.2) is 48.5 Å². The van der Waals surface area contributed by atoms with Gasteiger partial charge in [-0.25, -0.2) is 0 Å². The highest BCUT2D eigenvalue weighted by Gasteiger charge is 2.24. The molecular weight excluding hydrogens is 298 g/mol. The van der Waals surface area contributed by atoms with Gasteiger partial charge in [0, 0.05) is 0 Å². The predicted molar refractivity (Wildman–Crippen MR) is 84.3 cm³/mol. The first-order valence-electron chi connectivity index (χ1n) is 7.04. The maximum atomic E-state index is 10.9. The first-order valence-corrected chi connectivity index (χ1v) is 7.04. The van der Waals surface area contributed by atoms with Crippen molar-refractivity contribution in [3.63, 3.8) is 0 Å². The van der Waals surface area contributed by atoms with Gasteiger partial charge in [-0.2, -0.15) is 0 Å². The summed E-state index contributed by atoms with van der Waals surface area (Å²) < 4.78 is 10.9. The van der Waals surface area contributed by atoms with Crippen LogP contribution in [0.5, 0.6) is 11.5 Å². The maximum Gasteiger partial charge on any atom is 0.323 e. The molecule has 0 aliphatic rings. The number of rotatable bonds is 7. The number of methoxy groups -OCH3 is 1. The molecule has 0 fully saturated rings. The van der Waals surface area contributed by atoms with Crippen LogP contribution in [0.4, 0.5) is 0 Å². The summed E-state index contributed by atoms with van der Waals surface area (Å²) in [6.07, 6.45) is -1.33. The lowest BCUT2D eigenvalue weighted by Crippen LogP contribution is -2.36. The first kappa shape index (κ1) is 16.8. The molecule has 0 radical (unpaired) electrons. The fourth-order valence-electron chi connectivity index (χ4n) is 2.07. The molecule has 2 rings (SSSR count). The number of aliphatic carboxylic acids is 1. The SMILES string of the molecule is COc1cc([C@H](O)[C@@H](N)C(=O)O)ccc1OCc1ccccc1. The number of benzene rings is 2. The number of nitrogens with two attached hydrogens (primary N) is 1. The molecule has 2 aromatic carbocycles. The Morgan fingerprint density at radius 3 is 2.48 bits per heavy atom. The zero-order valence-electron chi connectivity index (χ0n) is 12.7. The van der Waals surface area contributed by atoms with Gasteiger partial charge >= 0.3 is 5.97 Å². The predicted octanol–water partition coefficient (Wildman–Crippen LogP) is 1.72. The molecule has 6 nitrogen and oxygen atoms in total. The van der Waals surface area contributed by atoms with Gasteiger partial charge in [0.1, 0.15) is 18.8 Å². The Hall–Kier alpha value is -2.57. The molecule has 0 unspecified atom stereocenters. The number of hydrogen-bond donors (Lipinski definition) is 3. The molecule has 2 atom stereocenters. The third kappa shape index (κ3) is 4.21. The maximum absolute atomic E-state index is 10.9. The molecular formula is C17H19NO5. The van der Waals surface area contributed by atoms with E-state index in [4.69, 9.17) is 20.3 Å². The van der Waals surface area contributed by atoms with E-state index in [-0.39, 0.29) is 0 Å². The molecule has 0 amide bonds. The van der Waals surface area contributed by atoms with Crippen LogP contribution >= 0.6 is 0 Å². The van der Waals surface area contributed by atoms with Gasteiger partial charge in [0.2, 0.25) is 0 Å². The van der Waals surface area contributed by atoms with Crippen molar-refractivity contribution in [2.24, 2.45) is 5.73 Å². The molecule has 4 N–H and O–H groups in total. The third-order valence-electron chi connectivity index (χ3n) is 3.39. The number of aliphatic hydroxyl groups is 1. The van der Waals surface area contributed by atoms with Gasteiger partial charge in [-0.3, -0.25) is 4.79 Å². The van der Waals surface area contributed by atoms with Gasteiger partial charge in [-0.1, -0.05) is 36.4 Å². The zero-order chi connectivity index (χ0) is 16.8. The Morgan fingerprint density at radius 1 is 1.17 bits per heavy atom. The largest absolute Gasteiger partial charge is 0.493 e. The van der Waals surface area contributed by atoms with E-state index >= 15 is 0 Å². The summed E-state index contributed by atoms with van der Waals surface area (Å²) in [5.41, 5.74) is 6.79. The summed E-state index contributed by atoms with van der Waals surface area (Å²) in [5.74, 6) is -0.382. The summed E-state index contributed by atoms with van der Waals surface area (Å²) in [5, 5.41) is 18.8. The van der Waals surface area contributed by atoms with Crippen molar-refractivity contribution in [1.82, 2.24) is 0 Å². The minimum Gasteiger partial charge on any atom is -0.493 e. The number of carbonyl (C=O) groups is 1. The second-order valence-electron chi connectivity index (χ2n) is 4.99. The van der Waals surface area contributed by atoms with Gasteiger partial charge in [0.05, 0.1) is 7.11 Å². The number of aliphatic hydroxyl groups excluding tert-OH is 1. The van der Waals surface area contributed by atoms with Gasteiger partial charge in [-0.15, -0.1) is 0 Å². The van der Waals surface area contributed by atoms with Crippen molar-refractivity contribution in [1.29, 1.82) is 0 Å². The molecule has 0 bridgehead atoms. The zero-order valence-corrected chi connectivity index (χ0v) is 12.7. The van der Waals surface area contributed by atoms with Crippen LogP contribution in [0.2, 0.25) is 0 Å². The van der Waals surface area contributed by atoms with Gasteiger partial charge in [0.25, 0.3) is 0 Å². The monoisotopic (exact) mass is 317 g/mol. The molecule has 6 heteroatoms. The van der Waals surface area contributed by atoms with Crippen LogP contribution in [0, 0.1) is 0 Å². The standard InChI is InChI=1S/C17H19NO5/c1-22-14-9-12(16(19)15(18)17(20)21)7-8-13(14)23-10-11-5-3-2-4-6-11/h2-9,15-16,19H,10,18H2,1H3,(H,20,21)/t15-,16+/m1/s1. The quantitative estimate of drug-likeness (QED) is 0.718. The van der Waals surface area contributed by atoms with E-state index in [9.17, 15) is 9.90 Å². The Labute approximate surface area is 134 Å². The number of hydrogen-bond acceptors (Lipinski definition) is 5. The molecule has 0 aromatic heterocycles. The van der Waals surface area contributed by atoms with Crippen LogP contribution in [-0.2, 0) is 11.4 Å². The average molecular weight is 317 g/mol. The number of carboxylic acids is 1. The fraction of sp³-hybridized carbons (Fsp3) is 0.235. The van der Waals surface area contributed by atoms with Crippen LogP contribution in [0.1, 0.15) is 17.2 Å². The van der Waals surface area contributed by atoms with E-state index in [2.05, 4.69) is 0 Å². The fourth-order valence-corrected chi connectivity index (χ4v) is 2.07. The van der Waals surface area contributed by atoms with E-state index in [0.29, 0.717) is 23.7 Å². The van der Waals surface area contributed by atoms with E-state index in [0.717, 1.165) is 5.56 Å². The van der Waals surface area contributed by atoms with Crippen molar-refractivity contribution in [2.45, 2.75) is 18.8 Å². The van der Waals surface area contributed by atoms with Gasteiger partial charge < -0.3 is 25.4 Å². The van der Waals surface area contributed by atoms with Gasteiger partial charge in [-0.05, 0) is 23.3 Å². The topological polar surface area (TPSA) is 102 Å². The number of ether oxygens (including phenoxy) is 2. The van der Waals surface area contributed by atoms with Crippen molar-refractivity contribution in [3.05, 3.63) is 59.7 Å². The molecule has 2 aromatic rings. The normalized spacial score (nSPS) is 13.2. The summed E-state index contributed by atoms with van der Waals surface area (Å²) in [4.78, 5) is 10.9. The molecule has 0 heterocycles. The van der Waals surface area contributed by atoms with Crippen molar-refractivity contribution >= 4 is 5.97 Å². The molecule has 0 aliphatic heterocycles. The molecule has 0 saturated heterocycles. The molecule has 122 valence electrons. The first-order chi connectivity index (χ1) is 11.0. The summed E-state index contributed by atoms with van der Waals surface area (Å²) in [6, 6.07) is 12.9. The highest BCUT2D eigenvalue weighted by Crippen LogP contribution is 2.31. The van der Waals surface area contributed by atoms with E-state index in [1.807, 2.05) is 30.3 Å². The van der Waals surface area contributed by atoms with E-state index in [1.165, 1.54) is 13.2 Å². The average Bonchev–Trinajstić information content (AvgIpc) is 2.59. The van der Waals surface area contributed by atoms with Crippen molar-refractivity contribution in [3.8, 4) is 11.5 Å². The lowest BCUT2D eigenvalue weighted by atomic mass is 10.0. The molecule has 23 heavy (non-hydrogen) atoms. The van der Waals surface area contributed by atoms with Crippen molar-refractivity contribution < 1.29 is 24.5 Å². The van der Waals surface area contributed by atoms with Gasteiger partial charge in [0.15, 0.2) is 11.5 Å². The summed E-state index contributed by atoms with van der Waals surface area (Å²) >= 11 is 0. The van der Waals surface area contributed by atoms with Crippen LogP contribution in [0.3, 0.4) is 0 Å².